The van der Waals surface area contributed by atoms with Gasteiger partial charge in [-0.1, -0.05) is 48.5 Å². The Bertz CT molecular complexity index is 589. The molecule has 0 N–H and O–H groups in total. The highest BCUT2D eigenvalue weighted by Gasteiger charge is 2.09. The van der Waals surface area contributed by atoms with Crippen LogP contribution in [0.1, 0.15) is 16.8 Å². The Labute approximate surface area is 111 Å². The molecule has 0 aliphatic heterocycles. The van der Waals surface area contributed by atoms with Crippen LogP contribution in [0.5, 0.6) is 0 Å². The predicted molar refractivity (Wildman–Crippen MR) is 75.0 cm³/mol. The molecule has 0 aliphatic carbocycles. The van der Waals surface area contributed by atoms with Crippen molar-refractivity contribution in [3.8, 4) is 0 Å². The Morgan fingerprint density at radius 2 is 1.47 bits per heavy atom. The van der Waals surface area contributed by atoms with Crippen molar-refractivity contribution < 1.29 is 9.59 Å². The lowest BCUT2D eigenvalue weighted by Gasteiger charge is -1.97. The maximum Gasteiger partial charge on any atom is 0.181 e. The van der Waals surface area contributed by atoms with Crippen molar-refractivity contribution in [3.05, 3.63) is 66.2 Å². The molecule has 0 unspecified atom stereocenters. The number of para-hydroxylation sites is 1. The lowest BCUT2D eigenvalue weighted by Crippen LogP contribution is -2.08. The van der Waals surface area contributed by atoms with Gasteiger partial charge in [0.15, 0.2) is 11.6 Å². The number of rotatable bonds is 5. The normalized spacial score (nSPS) is 10.5. The van der Waals surface area contributed by atoms with Crippen LogP contribution in [-0.4, -0.2) is 17.8 Å². The zero-order valence-corrected chi connectivity index (χ0v) is 10.3. The summed E-state index contributed by atoms with van der Waals surface area (Å²) in [6.45, 7) is 0. The van der Waals surface area contributed by atoms with Crippen LogP contribution in [-0.2, 0) is 4.79 Å². The van der Waals surface area contributed by atoms with Gasteiger partial charge in [0.2, 0.25) is 0 Å². The molecule has 0 radical (unpaired) electrons. The van der Waals surface area contributed by atoms with Crippen LogP contribution < -0.4 is 0 Å². The fourth-order valence-corrected chi connectivity index (χ4v) is 1.59. The van der Waals surface area contributed by atoms with Crippen molar-refractivity contribution in [2.75, 3.05) is 0 Å². The molecule has 0 spiro atoms. The van der Waals surface area contributed by atoms with Crippen molar-refractivity contribution in [1.29, 1.82) is 0 Å². The van der Waals surface area contributed by atoms with Gasteiger partial charge in [-0.05, 0) is 12.1 Å². The Kier molecular flexibility index (Phi) is 4.34. The van der Waals surface area contributed by atoms with E-state index in [2.05, 4.69) is 4.99 Å². The second-order valence-electron chi connectivity index (χ2n) is 4.03. The van der Waals surface area contributed by atoms with Crippen LogP contribution in [0.3, 0.4) is 0 Å². The average Bonchev–Trinajstić information content (AvgIpc) is 2.47. The molecule has 0 saturated heterocycles. The van der Waals surface area contributed by atoms with Crippen LogP contribution in [0.2, 0.25) is 0 Å². The van der Waals surface area contributed by atoms with E-state index >= 15 is 0 Å². The van der Waals surface area contributed by atoms with Crippen LogP contribution in [0.4, 0.5) is 5.69 Å². The fourth-order valence-electron chi connectivity index (χ4n) is 1.59. The van der Waals surface area contributed by atoms with E-state index in [1.165, 1.54) is 6.21 Å². The summed E-state index contributed by atoms with van der Waals surface area (Å²) in [5.74, 6) is -0.484. The average molecular weight is 251 g/mol. The third-order valence-corrected chi connectivity index (χ3v) is 2.54. The first-order valence-electron chi connectivity index (χ1n) is 5.96. The van der Waals surface area contributed by atoms with Gasteiger partial charge in [0.1, 0.15) is 0 Å². The molecule has 2 aromatic carbocycles. The zero-order valence-electron chi connectivity index (χ0n) is 10.3. The van der Waals surface area contributed by atoms with Gasteiger partial charge in [0, 0.05) is 5.56 Å². The number of aliphatic imine (C=N–C) groups is 1. The van der Waals surface area contributed by atoms with Gasteiger partial charge < -0.3 is 0 Å². The third-order valence-electron chi connectivity index (χ3n) is 2.54. The minimum absolute atomic E-state index is 0.152. The molecule has 19 heavy (non-hydrogen) atoms. The number of ketones is 2. The molecule has 2 rings (SSSR count). The lowest BCUT2D eigenvalue weighted by molar-refractivity contribution is -0.111. The summed E-state index contributed by atoms with van der Waals surface area (Å²) in [5, 5.41) is 0. The molecular weight excluding hydrogens is 238 g/mol. The van der Waals surface area contributed by atoms with Crippen molar-refractivity contribution in [2.45, 2.75) is 6.42 Å². The predicted octanol–water partition coefficient (Wildman–Crippen LogP) is 3.23. The molecule has 0 bridgehead atoms. The summed E-state index contributed by atoms with van der Waals surface area (Å²) in [4.78, 5) is 27.4. The zero-order chi connectivity index (χ0) is 13.5. The molecule has 0 saturated carbocycles. The Morgan fingerprint density at radius 3 is 2.11 bits per heavy atom. The van der Waals surface area contributed by atoms with Crippen LogP contribution in [0, 0.1) is 0 Å². The first kappa shape index (κ1) is 12.9. The highest BCUT2D eigenvalue weighted by molar-refractivity contribution is 6.33. The molecule has 2 aromatic rings. The molecule has 3 heteroatoms. The molecule has 0 atom stereocenters. The maximum atomic E-state index is 11.8. The van der Waals surface area contributed by atoms with Gasteiger partial charge in [-0.2, -0.15) is 0 Å². The quantitative estimate of drug-likeness (QED) is 0.465. The van der Waals surface area contributed by atoms with E-state index in [4.69, 9.17) is 0 Å². The van der Waals surface area contributed by atoms with E-state index in [-0.39, 0.29) is 18.0 Å². The molecule has 0 aliphatic rings. The highest BCUT2D eigenvalue weighted by Crippen LogP contribution is 2.09. The van der Waals surface area contributed by atoms with Gasteiger partial charge in [-0.15, -0.1) is 0 Å². The number of carbonyl (C=O) groups excluding carboxylic acids is 2. The summed E-state index contributed by atoms with van der Waals surface area (Å²) >= 11 is 0. The number of hydrogen-bond donors (Lipinski definition) is 0. The van der Waals surface area contributed by atoms with E-state index in [0.717, 1.165) is 0 Å². The van der Waals surface area contributed by atoms with Crippen molar-refractivity contribution >= 4 is 23.5 Å². The number of hydrogen-bond acceptors (Lipinski definition) is 3. The fraction of sp³-hybridized carbons (Fsp3) is 0.0625. The minimum atomic E-state index is -0.294. The number of nitrogens with zero attached hydrogens (tertiary/aromatic N) is 1. The third kappa shape index (κ3) is 4.00. The molecule has 0 amide bonds. The van der Waals surface area contributed by atoms with E-state index in [0.29, 0.717) is 11.3 Å². The summed E-state index contributed by atoms with van der Waals surface area (Å²) in [6, 6.07) is 17.9. The lowest BCUT2D eigenvalue weighted by atomic mass is 10.1. The van der Waals surface area contributed by atoms with Gasteiger partial charge >= 0.3 is 0 Å². The Balaban J connectivity index is 1.95. The minimum Gasteiger partial charge on any atom is -0.294 e. The highest BCUT2D eigenvalue weighted by atomic mass is 16.1. The van der Waals surface area contributed by atoms with Crippen molar-refractivity contribution in [1.82, 2.24) is 0 Å². The van der Waals surface area contributed by atoms with Gasteiger partial charge in [0.25, 0.3) is 0 Å². The summed E-state index contributed by atoms with van der Waals surface area (Å²) < 4.78 is 0. The van der Waals surface area contributed by atoms with Crippen LogP contribution in [0.25, 0.3) is 0 Å². The monoisotopic (exact) mass is 251 g/mol. The van der Waals surface area contributed by atoms with E-state index in [1.54, 1.807) is 36.4 Å². The first-order chi connectivity index (χ1) is 9.25. The smallest absolute Gasteiger partial charge is 0.181 e. The second kappa shape index (κ2) is 6.40. The molecule has 0 fully saturated rings. The standard InChI is InChI=1S/C16H13NO2/c18-15(12-17-14-9-5-2-6-10-14)11-16(19)13-7-3-1-4-8-13/h1-10,12H,11H2. The number of benzene rings is 2. The van der Waals surface area contributed by atoms with E-state index in [1.807, 2.05) is 24.3 Å². The number of carbonyl (C=O) groups is 2. The van der Waals surface area contributed by atoms with Gasteiger partial charge in [-0.3, -0.25) is 14.6 Å². The largest absolute Gasteiger partial charge is 0.294 e. The Morgan fingerprint density at radius 1 is 0.895 bits per heavy atom. The molecular formula is C16H13NO2. The van der Waals surface area contributed by atoms with Crippen LogP contribution >= 0.6 is 0 Å². The number of Topliss-reactive ketones (excluding diaryl/α,β-unsaturated/α-hetero) is 2. The second-order valence-corrected chi connectivity index (χ2v) is 4.03. The molecule has 0 aromatic heterocycles. The van der Waals surface area contributed by atoms with Gasteiger partial charge in [0.05, 0.1) is 18.3 Å². The van der Waals surface area contributed by atoms with Crippen LogP contribution in [0.15, 0.2) is 65.7 Å². The maximum absolute atomic E-state index is 11.8. The van der Waals surface area contributed by atoms with E-state index < -0.39 is 0 Å². The summed E-state index contributed by atoms with van der Waals surface area (Å²) in [7, 11) is 0. The molecule has 3 nitrogen and oxygen atoms in total. The van der Waals surface area contributed by atoms with Gasteiger partial charge in [-0.25, -0.2) is 0 Å². The van der Waals surface area contributed by atoms with Crippen molar-refractivity contribution in [2.24, 2.45) is 4.99 Å². The molecule has 0 heterocycles. The first-order valence-corrected chi connectivity index (χ1v) is 5.96. The molecule has 94 valence electrons. The summed E-state index contributed by atoms with van der Waals surface area (Å²) in [5.41, 5.74) is 1.24. The van der Waals surface area contributed by atoms with Crippen molar-refractivity contribution in [3.63, 3.8) is 0 Å². The summed E-state index contributed by atoms with van der Waals surface area (Å²) in [6.07, 6.45) is 1.05. The topological polar surface area (TPSA) is 46.5 Å². The van der Waals surface area contributed by atoms with E-state index in [9.17, 15) is 9.59 Å². The SMILES string of the molecule is O=C(C=Nc1ccccc1)CC(=O)c1ccccc1. The Hall–Kier alpha value is -2.55.